The molecule has 0 aromatic heterocycles. The molecule has 1 aromatic carbocycles. The first-order valence-electron chi connectivity index (χ1n) is 10.2. The van der Waals surface area contributed by atoms with Crippen molar-refractivity contribution in [3.05, 3.63) is 29.8 Å². The van der Waals surface area contributed by atoms with E-state index in [9.17, 15) is 4.79 Å². The van der Waals surface area contributed by atoms with Crippen molar-refractivity contribution in [2.45, 2.75) is 52.2 Å². The van der Waals surface area contributed by atoms with Crippen LogP contribution in [-0.2, 0) is 16.1 Å². The van der Waals surface area contributed by atoms with Crippen LogP contribution < -0.4 is 4.74 Å². The average Bonchev–Trinajstić information content (AvgIpc) is 2.63. The Hall–Kier alpha value is -1.59. The van der Waals surface area contributed by atoms with E-state index < -0.39 is 0 Å². The first kappa shape index (κ1) is 20.2. The zero-order chi connectivity index (χ0) is 19.3. The van der Waals surface area contributed by atoms with Gasteiger partial charge < -0.3 is 14.4 Å². The first-order chi connectivity index (χ1) is 13.0. The van der Waals surface area contributed by atoms with Gasteiger partial charge >= 0.3 is 0 Å². The maximum atomic E-state index is 12.3. The second-order valence-corrected chi connectivity index (χ2v) is 8.44. The van der Waals surface area contributed by atoms with Gasteiger partial charge in [-0.3, -0.25) is 9.69 Å². The number of rotatable bonds is 7. The minimum absolute atomic E-state index is 0.191. The van der Waals surface area contributed by atoms with Crippen molar-refractivity contribution < 1.29 is 14.3 Å². The summed E-state index contributed by atoms with van der Waals surface area (Å²) in [6, 6.07) is 8.46. The third kappa shape index (κ3) is 5.45. The van der Waals surface area contributed by atoms with Crippen LogP contribution in [0.3, 0.4) is 0 Å². The van der Waals surface area contributed by atoms with E-state index in [1.165, 1.54) is 18.4 Å². The van der Waals surface area contributed by atoms with Gasteiger partial charge in [0.15, 0.2) is 0 Å². The molecule has 3 rings (SSSR count). The van der Waals surface area contributed by atoms with Crippen LogP contribution in [0.1, 0.15) is 45.1 Å². The van der Waals surface area contributed by atoms with E-state index >= 15 is 0 Å². The van der Waals surface area contributed by atoms with Crippen LogP contribution >= 0.6 is 0 Å². The molecule has 2 fully saturated rings. The zero-order valence-electron chi connectivity index (χ0n) is 17.1. The lowest BCUT2D eigenvalue weighted by molar-refractivity contribution is -0.140. The quantitative estimate of drug-likeness (QED) is 0.734. The van der Waals surface area contributed by atoms with E-state index in [0.717, 1.165) is 38.3 Å². The lowest BCUT2D eigenvalue weighted by Crippen LogP contribution is -2.54. The molecular weight excluding hydrogens is 340 g/mol. The van der Waals surface area contributed by atoms with Gasteiger partial charge in [0.2, 0.25) is 5.91 Å². The molecule has 1 spiro atoms. The van der Waals surface area contributed by atoms with Gasteiger partial charge in [0.25, 0.3) is 0 Å². The normalized spacial score (nSPS) is 24.0. The maximum Gasteiger partial charge on any atom is 0.222 e. The molecule has 5 heteroatoms. The largest absolute Gasteiger partial charge is 0.491 e. The summed E-state index contributed by atoms with van der Waals surface area (Å²) in [4.78, 5) is 16.8. The fourth-order valence-electron chi connectivity index (χ4n) is 4.53. The van der Waals surface area contributed by atoms with Crippen molar-refractivity contribution >= 4 is 5.91 Å². The fraction of sp³-hybridized carbons (Fsp3) is 0.682. The molecule has 0 aliphatic carbocycles. The highest BCUT2D eigenvalue weighted by molar-refractivity contribution is 5.77. The molecule has 150 valence electrons. The molecule has 2 aliphatic heterocycles. The highest BCUT2D eigenvalue weighted by atomic mass is 16.5. The molecule has 0 bridgehead atoms. The van der Waals surface area contributed by atoms with Crippen molar-refractivity contribution in [1.29, 1.82) is 0 Å². The molecule has 2 saturated heterocycles. The third-order valence-electron chi connectivity index (χ3n) is 5.73. The fourth-order valence-corrected chi connectivity index (χ4v) is 4.53. The van der Waals surface area contributed by atoms with Crippen LogP contribution in [0.15, 0.2) is 24.3 Å². The van der Waals surface area contributed by atoms with Gasteiger partial charge in [0.05, 0.1) is 12.7 Å². The highest BCUT2D eigenvalue weighted by Crippen LogP contribution is 2.39. The minimum atomic E-state index is 0.191. The van der Waals surface area contributed by atoms with E-state index in [0.29, 0.717) is 19.6 Å². The van der Waals surface area contributed by atoms with Crippen LogP contribution in [0.4, 0.5) is 0 Å². The van der Waals surface area contributed by atoms with E-state index in [1.807, 2.05) is 11.0 Å². The summed E-state index contributed by atoms with van der Waals surface area (Å²) in [6.07, 6.45) is 4.31. The van der Waals surface area contributed by atoms with Gasteiger partial charge in [-0.05, 0) is 57.4 Å². The van der Waals surface area contributed by atoms with E-state index in [2.05, 4.69) is 36.9 Å². The Morgan fingerprint density at radius 1 is 1.22 bits per heavy atom. The number of hydrogen-bond donors (Lipinski definition) is 0. The molecule has 0 radical (unpaired) electrons. The van der Waals surface area contributed by atoms with Crippen molar-refractivity contribution in [3.63, 3.8) is 0 Å². The van der Waals surface area contributed by atoms with E-state index in [1.54, 1.807) is 7.11 Å². The number of piperidine rings is 2. The van der Waals surface area contributed by atoms with Crippen LogP contribution in [0.25, 0.3) is 0 Å². The second kappa shape index (κ2) is 9.07. The first-order valence-corrected chi connectivity index (χ1v) is 10.2. The van der Waals surface area contributed by atoms with Gasteiger partial charge in [-0.2, -0.15) is 0 Å². The number of likely N-dealkylation sites (tertiary alicyclic amines) is 2. The number of hydrogen-bond acceptors (Lipinski definition) is 4. The summed E-state index contributed by atoms with van der Waals surface area (Å²) in [7, 11) is 1.70. The van der Waals surface area contributed by atoms with Gasteiger partial charge in [0.1, 0.15) is 5.75 Å². The maximum absolute atomic E-state index is 12.3. The molecule has 0 saturated carbocycles. The van der Waals surface area contributed by atoms with E-state index in [-0.39, 0.29) is 17.4 Å². The summed E-state index contributed by atoms with van der Waals surface area (Å²) in [5.41, 5.74) is 1.54. The summed E-state index contributed by atoms with van der Waals surface area (Å²) in [5, 5.41) is 0. The molecule has 1 atom stereocenters. The number of amides is 1. The molecule has 2 heterocycles. The van der Waals surface area contributed by atoms with Gasteiger partial charge in [-0.1, -0.05) is 12.1 Å². The number of methoxy groups -OCH3 is 1. The number of ether oxygens (including phenoxy) is 2. The predicted octanol–water partition coefficient (Wildman–Crippen LogP) is 3.32. The van der Waals surface area contributed by atoms with Crippen molar-refractivity contribution in [1.82, 2.24) is 9.80 Å². The lowest BCUT2D eigenvalue weighted by atomic mass is 9.73. The standard InChI is InChI=1S/C22H34N2O3/c1-18(2)27-20-7-4-6-19(14-20)15-23-11-5-9-22(16-23)10-8-21(25)24(17-22)12-13-26-3/h4,6-7,14,18H,5,8-13,15-17H2,1-3H3. The number of nitrogens with zero attached hydrogens (tertiary/aromatic N) is 2. The van der Waals surface area contributed by atoms with Crippen LogP contribution in [0.2, 0.25) is 0 Å². The number of carbonyl (C=O) groups is 1. The Balaban J connectivity index is 1.63. The Morgan fingerprint density at radius 3 is 2.85 bits per heavy atom. The predicted molar refractivity (Wildman–Crippen MR) is 107 cm³/mol. The lowest BCUT2D eigenvalue weighted by Gasteiger charge is -2.48. The Bertz CT molecular complexity index is 634. The molecular formula is C22H34N2O3. The SMILES string of the molecule is COCCN1CC2(CCCN(Cc3cccc(OC(C)C)c3)C2)CCC1=O. The monoisotopic (exact) mass is 374 g/mol. The summed E-state index contributed by atoms with van der Waals surface area (Å²) in [6.45, 7) is 9.47. The molecule has 0 N–H and O–H groups in total. The molecule has 27 heavy (non-hydrogen) atoms. The Morgan fingerprint density at radius 2 is 2.07 bits per heavy atom. The third-order valence-corrected chi connectivity index (χ3v) is 5.73. The van der Waals surface area contributed by atoms with Crippen molar-refractivity contribution in [3.8, 4) is 5.75 Å². The van der Waals surface area contributed by atoms with Crippen LogP contribution in [0, 0.1) is 5.41 Å². The second-order valence-electron chi connectivity index (χ2n) is 8.44. The highest BCUT2D eigenvalue weighted by Gasteiger charge is 2.41. The number of carbonyl (C=O) groups excluding carboxylic acids is 1. The summed E-state index contributed by atoms with van der Waals surface area (Å²) >= 11 is 0. The summed E-state index contributed by atoms with van der Waals surface area (Å²) in [5.74, 6) is 1.23. The topological polar surface area (TPSA) is 42.0 Å². The molecule has 1 amide bonds. The Kier molecular flexibility index (Phi) is 6.77. The molecule has 5 nitrogen and oxygen atoms in total. The van der Waals surface area contributed by atoms with Crippen LogP contribution in [-0.4, -0.2) is 61.7 Å². The van der Waals surface area contributed by atoms with Gasteiger partial charge in [0, 0.05) is 45.1 Å². The molecule has 2 aliphatic rings. The van der Waals surface area contributed by atoms with E-state index in [4.69, 9.17) is 9.47 Å². The Labute approximate surface area is 163 Å². The van der Waals surface area contributed by atoms with Crippen molar-refractivity contribution in [2.75, 3.05) is 39.9 Å². The summed E-state index contributed by atoms with van der Waals surface area (Å²) < 4.78 is 11.0. The van der Waals surface area contributed by atoms with Gasteiger partial charge in [-0.25, -0.2) is 0 Å². The minimum Gasteiger partial charge on any atom is -0.491 e. The zero-order valence-corrected chi connectivity index (χ0v) is 17.1. The van der Waals surface area contributed by atoms with Crippen molar-refractivity contribution in [2.24, 2.45) is 5.41 Å². The number of benzene rings is 1. The van der Waals surface area contributed by atoms with Crippen LogP contribution in [0.5, 0.6) is 5.75 Å². The smallest absolute Gasteiger partial charge is 0.222 e. The molecule has 1 aromatic rings. The van der Waals surface area contributed by atoms with Gasteiger partial charge in [-0.15, -0.1) is 0 Å². The molecule has 1 unspecified atom stereocenters. The average molecular weight is 375 g/mol.